The molecule has 0 bridgehead atoms. The van der Waals surface area contributed by atoms with Crippen molar-refractivity contribution in [3.63, 3.8) is 0 Å². The molecule has 0 aliphatic rings. The van der Waals surface area contributed by atoms with Gasteiger partial charge in [-0.3, -0.25) is 0 Å². The van der Waals surface area contributed by atoms with E-state index >= 15 is 0 Å². The molecule has 0 saturated carbocycles. The maximum Gasteiger partial charge on any atom is 0.179 e. The second-order valence-electron chi connectivity index (χ2n) is 4.58. The van der Waals surface area contributed by atoms with Gasteiger partial charge in [0.15, 0.2) is 11.6 Å². The smallest absolute Gasteiger partial charge is 0.179 e. The van der Waals surface area contributed by atoms with Crippen molar-refractivity contribution >= 4 is 5.65 Å². The lowest BCUT2D eigenvalue weighted by Crippen LogP contribution is -2.09. The normalized spacial score (nSPS) is 11.3. The zero-order chi connectivity index (χ0) is 14.1. The van der Waals surface area contributed by atoms with Gasteiger partial charge in [0.1, 0.15) is 11.5 Å². The summed E-state index contributed by atoms with van der Waals surface area (Å²) in [5.74, 6) is 2.53. The fourth-order valence-corrected chi connectivity index (χ4v) is 2.33. The van der Waals surface area contributed by atoms with Gasteiger partial charge < -0.3 is 10.1 Å². The van der Waals surface area contributed by atoms with Crippen molar-refractivity contribution in [2.45, 2.75) is 33.2 Å². The molecule has 0 fully saturated rings. The molecule has 2 N–H and O–H groups in total. The lowest BCUT2D eigenvalue weighted by Gasteiger charge is -2.03. The van der Waals surface area contributed by atoms with Crippen LogP contribution in [-0.2, 0) is 19.4 Å². The van der Waals surface area contributed by atoms with E-state index < -0.39 is 0 Å². The van der Waals surface area contributed by atoms with Gasteiger partial charge in [-0.25, -0.2) is 9.97 Å². The molecule has 3 heterocycles. The molecule has 0 aliphatic carbocycles. The van der Waals surface area contributed by atoms with E-state index in [-0.39, 0.29) is 0 Å². The Morgan fingerprint density at radius 1 is 1.15 bits per heavy atom. The van der Waals surface area contributed by atoms with Crippen molar-refractivity contribution in [1.82, 2.24) is 24.1 Å². The molecule has 0 amide bonds. The standard InChI is InChI=1S/C14H18N6/c1-3-11-16-12(4-2)20(18-11)14-10(9-15)19-8-6-5-7-13(19)17-14/h5-8H,3-4,9,15H2,1-2H3. The number of aryl methyl sites for hydroxylation is 2. The summed E-state index contributed by atoms with van der Waals surface area (Å²) in [5, 5.41) is 4.55. The van der Waals surface area contributed by atoms with E-state index in [9.17, 15) is 0 Å². The Labute approximate surface area is 117 Å². The van der Waals surface area contributed by atoms with Crippen molar-refractivity contribution in [3.05, 3.63) is 41.7 Å². The highest BCUT2D eigenvalue weighted by atomic mass is 15.4. The van der Waals surface area contributed by atoms with Gasteiger partial charge in [0.25, 0.3) is 0 Å². The minimum Gasteiger partial charge on any atom is -0.325 e. The average Bonchev–Trinajstić information content (AvgIpc) is 3.07. The van der Waals surface area contributed by atoms with Crippen LogP contribution >= 0.6 is 0 Å². The largest absolute Gasteiger partial charge is 0.325 e. The maximum atomic E-state index is 5.91. The lowest BCUT2D eigenvalue weighted by molar-refractivity contribution is 0.759. The summed E-state index contributed by atoms with van der Waals surface area (Å²) in [4.78, 5) is 9.18. The molecule has 0 aromatic carbocycles. The summed E-state index contributed by atoms with van der Waals surface area (Å²) in [6.45, 7) is 4.52. The number of aromatic nitrogens is 5. The highest BCUT2D eigenvalue weighted by Crippen LogP contribution is 2.18. The predicted molar refractivity (Wildman–Crippen MR) is 76.8 cm³/mol. The Morgan fingerprint density at radius 3 is 2.70 bits per heavy atom. The molecule has 3 aromatic rings. The first-order valence-electron chi connectivity index (χ1n) is 6.89. The van der Waals surface area contributed by atoms with E-state index in [0.29, 0.717) is 6.54 Å². The van der Waals surface area contributed by atoms with Crippen LogP contribution in [0.15, 0.2) is 24.4 Å². The van der Waals surface area contributed by atoms with Gasteiger partial charge in [0.05, 0.1) is 5.69 Å². The molecule has 0 spiro atoms. The van der Waals surface area contributed by atoms with Crippen LogP contribution in [0.5, 0.6) is 0 Å². The Bertz CT molecular complexity index is 739. The molecule has 104 valence electrons. The SMILES string of the molecule is CCc1nc(CC)n(-c2nc3ccccn3c2CN)n1. The fraction of sp³-hybridized carbons (Fsp3) is 0.357. The van der Waals surface area contributed by atoms with Crippen LogP contribution in [0.4, 0.5) is 0 Å². The average molecular weight is 270 g/mol. The number of nitrogens with zero attached hydrogens (tertiary/aromatic N) is 5. The summed E-state index contributed by atoms with van der Waals surface area (Å²) in [7, 11) is 0. The van der Waals surface area contributed by atoms with Crippen LogP contribution in [0.2, 0.25) is 0 Å². The quantitative estimate of drug-likeness (QED) is 0.779. The van der Waals surface area contributed by atoms with E-state index in [4.69, 9.17) is 5.73 Å². The van der Waals surface area contributed by atoms with Crippen molar-refractivity contribution in [2.75, 3.05) is 0 Å². The maximum absolute atomic E-state index is 5.91. The highest BCUT2D eigenvalue weighted by molar-refractivity contribution is 5.48. The number of rotatable bonds is 4. The Morgan fingerprint density at radius 2 is 2.00 bits per heavy atom. The number of imidazole rings is 1. The van der Waals surface area contributed by atoms with E-state index in [2.05, 4.69) is 22.0 Å². The summed E-state index contributed by atoms with van der Waals surface area (Å²) >= 11 is 0. The second kappa shape index (κ2) is 5.05. The summed E-state index contributed by atoms with van der Waals surface area (Å²) in [6.07, 6.45) is 3.59. The predicted octanol–water partition coefficient (Wildman–Crippen LogP) is 1.50. The minimum absolute atomic E-state index is 0.408. The zero-order valence-corrected chi connectivity index (χ0v) is 11.7. The van der Waals surface area contributed by atoms with Crippen LogP contribution in [0.3, 0.4) is 0 Å². The lowest BCUT2D eigenvalue weighted by atomic mass is 10.4. The van der Waals surface area contributed by atoms with E-state index in [1.807, 2.05) is 40.4 Å². The van der Waals surface area contributed by atoms with E-state index in [1.54, 1.807) is 0 Å². The molecule has 3 rings (SSSR count). The minimum atomic E-state index is 0.408. The summed E-state index contributed by atoms with van der Waals surface area (Å²) < 4.78 is 3.83. The molecule has 3 aromatic heterocycles. The first kappa shape index (κ1) is 12.8. The van der Waals surface area contributed by atoms with Crippen LogP contribution in [0, 0.1) is 0 Å². The van der Waals surface area contributed by atoms with Crippen molar-refractivity contribution < 1.29 is 0 Å². The first-order chi connectivity index (χ1) is 9.78. The third-order valence-electron chi connectivity index (χ3n) is 3.35. The number of nitrogens with two attached hydrogens (primary N) is 1. The van der Waals surface area contributed by atoms with Gasteiger partial charge in [-0.15, -0.1) is 5.10 Å². The highest BCUT2D eigenvalue weighted by Gasteiger charge is 2.17. The molecule has 0 atom stereocenters. The number of fused-ring (bicyclic) bond motifs is 1. The van der Waals surface area contributed by atoms with E-state index in [0.717, 1.165) is 41.6 Å². The monoisotopic (exact) mass is 270 g/mol. The Hall–Kier alpha value is -2.21. The molecule has 6 heteroatoms. The van der Waals surface area contributed by atoms with Gasteiger partial charge >= 0.3 is 0 Å². The molecule has 0 unspecified atom stereocenters. The first-order valence-corrected chi connectivity index (χ1v) is 6.89. The molecule has 0 radical (unpaired) electrons. The molecule has 0 saturated heterocycles. The van der Waals surface area contributed by atoms with Crippen molar-refractivity contribution in [1.29, 1.82) is 0 Å². The Balaban J connectivity index is 2.26. The van der Waals surface area contributed by atoms with Gasteiger partial charge in [-0.05, 0) is 12.1 Å². The summed E-state index contributed by atoms with van der Waals surface area (Å²) in [5.41, 5.74) is 7.73. The molecular formula is C14H18N6. The van der Waals surface area contributed by atoms with Crippen LogP contribution in [-0.4, -0.2) is 24.1 Å². The number of pyridine rings is 1. The molecule has 6 nitrogen and oxygen atoms in total. The molecule has 0 aliphatic heterocycles. The van der Waals surface area contributed by atoms with Gasteiger partial charge in [0.2, 0.25) is 0 Å². The van der Waals surface area contributed by atoms with Crippen molar-refractivity contribution in [3.8, 4) is 5.82 Å². The number of hydrogen-bond donors (Lipinski definition) is 1. The van der Waals surface area contributed by atoms with Gasteiger partial charge in [-0.2, -0.15) is 4.68 Å². The van der Waals surface area contributed by atoms with Gasteiger partial charge in [0, 0.05) is 25.6 Å². The van der Waals surface area contributed by atoms with Gasteiger partial charge in [-0.1, -0.05) is 19.9 Å². The third-order valence-corrected chi connectivity index (χ3v) is 3.35. The topological polar surface area (TPSA) is 74.0 Å². The Kier molecular flexibility index (Phi) is 3.23. The number of hydrogen-bond acceptors (Lipinski definition) is 4. The fourth-order valence-electron chi connectivity index (χ4n) is 2.33. The van der Waals surface area contributed by atoms with Crippen molar-refractivity contribution in [2.24, 2.45) is 5.73 Å². The zero-order valence-electron chi connectivity index (χ0n) is 11.7. The van der Waals surface area contributed by atoms with Crippen LogP contribution in [0.25, 0.3) is 11.5 Å². The van der Waals surface area contributed by atoms with Crippen LogP contribution < -0.4 is 5.73 Å². The molecule has 20 heavy (non-hydrogen) atoms. The van der Waals surface area contributed by atoms with Crippen LogP contribution in [0.1, 0.15) is 31.2 Å². The third kappa shape index (κ3) is 1.89. The molecular weight excluding hydrogens is 252 g/mol. The van der Waals surface area contributed by atoms with E-state index in [1.165, 1.54) is 0 Å². The summed E-state index contributed by atoms with van der Waals surface area (Å²) in [6, 6.07) is 5.90. The second-order valence-corrected chi connectivity index (χ2v) is 4.58.